The van der Waals surface area contributed by atoms with Crippen LogP contribution in [0.5, 0.6) is 0 Å². The molecular formula is C18H15N5O3S2. The number of benzene rings is 2. The van der Waals surface area contributed by atoms with Crippen LogP contribution in [-0.2, 0) is 10.0 Å². The molecule has 0 atom stereocenters. The third-order valence-corrected chi connectivity index (χ3v) is 5.26. The number of nitrogens with zero attached hydrogens (tertiary/aromatic N) is 2. The van der Waals surface area contributed by atoms with Gasteiger partial charge in [0.15, 0.2) is 10.8 Å². The van der Waals surface area contributed by atoms with E-state index in [4.69, 9.17) is 0 Å². The molecule has 0 aliphatic heterocycles. The lowest BCUT2D eigenvalue weighted by molar-refractivity contribution is 0.102. The number of para-hydroxylation sites is 1. The van der Waals surface area contributed by atoms with Gasteiger partial charge in [0.1, 0.15) is 0 Å². The number of aromatic amines is 1. The summed E-state index contributed by atoms with van der Waals surface area (Å²) in [7, 11) is -3.32. The molecule has 1 amide bonds. The summed E-state index contributed by atoms with van der Waals surface area (Å²) in [5, 5.41) is 12.7. The Balaban J connectivity index is 1.51. The van der Waals surface area contributed by atoms with Crippen LogP contribution in [0.25, 0.3) is 22.2 Å². The zero-order valence-corrected chi connectivity index (χ0v) is 16.3. The molecule has 0 unspecified atom stereocenters. The Bertz CT molecular complexity index is 1260. The Hall–Kier alpha value is -3.24. The number of thiazole rings is 1. The molecule has 2 aromatic heterocycles. The molecule has 0 spiro atoms. The van der Waals surface area contributed by atoms with Crippen molar-refractivity contribution in [3.8, 4) is 11.3 Å². The van der Waals surface area contributed by atoms with Gasteiger partial charge >= 0.3 is 0 Å². The Morgan fingerprint density at radius 1 is 1.11 bits per heavy atom. The number of aromatic nitrogens is 3. The summed E-state index contributed by atoms with van der Waals surface area (Å²) >= 11 is 1.30. The van der Waals surface area contributed by atoms with Gasteiger partial charge in [-0.1, -0.05) is 30.3 Å². The highest BCUT2D eigenvalue weighted by molar-refractivity contribution is 7.92. The first-order valence-electron chi connectivity index (χ1n) is 8.17. The molecule has 0 aliphatic rings. The summed E-state index contributed by atoms with van der Waals surface area (Å²) in [5.74, 6) is -0.342. The maximum atomic E-state index is 12.5. The van der Waals surface area contributed by atoms with Crippen LogP contribution in [0.15, 0.2) is 53.9 Å². The number of anilines is 2. The Labute approximate surface area is 164 Å². The van der Waals surface area contributed by atoms with E-state index in [0.717, 1.165) is 22.7 Å². The lowest BCUT2D eigenvalue weighted by Gasteiger charge is -2.04. The Morgan fingerprint density at radius 2 is 1.86 bits per heavy atom. The minimum Gasteiger partial charge on any atom is -0.296 e. The number of rotatable bonds is 5. The number of hydrogen-bond donors (Lipinski definition) is 3. The predicted molar refractivity (Wildman–Crippen MR) is 110 cm³/mol. The van der Waals surface area contributed by atoms with E-state index in [-0.39, 0.29) is 5.91 Å². The average Bonchev–Trinajstić information content (AvgIpc) is 3.28. The molecule has 0 aliphatic carbocycles. The molecule has 142 valence electrons. The SMILES string of the molecule is CS(=O)(=O)Nc1ccc(-c2csc(NC(=O)c3n[nH]c4ccccc34)n2)cc1. The molecule has 4 aromatic rings. The molecule has 28 heavy (non-hydrogen) atoms. The first kappa shape index (κ1) is 18.1. The highest BCUT2D eigenvalue weighted by Crippen LogP contribution is 2.27. The maximum absolute atomic E-state index is 12.5. The van der Waals surface area contributed by atoms with E-state index in [1.54, 1.807) is 24.3 Å². The van der Waals surface area contributed by atoms with E-state index in [1.165, 1.54) is 11.3 Å². The minimum absolute atomic E-state index is 0.309. The number of fused-ring (bicyclic) bond motifs is 1. The highest BCUT2D eigenvalue weighted by atomic mass is 32.2. The van der Waals surface area contributed by atoms with E-state index in [9.17, 15) is 13.2 Å². The third kappa shape index (κ3) is 3.87. The molecule has 0 saturated heterocycles. The third-order valence-electron chi connectivity index (χ3n) is 3.89. The minimum atomic E-state index is -3.32. The largest absolute Gasteiger partial charge is 0.296 e. The maximum Gasteiger partial charge on any atom is 0.278 e. The number of nitrogens with one attached hydrogen (secondary N) is 3. The Kier molecular flexibility index (Phi) is 4.57. The van der Waals surface area contributed by atoms with Crippen molar-refractivity contribution < 1.29 is 13.2 Å². The smallest absolute Gasteiger partial charge is 0.278 e. The molecule has 0 fully saturated rings. The van der Waals surface area contributed by atoms with Gasteiger partial charge in [0.05, 0.1) is 17.5 Å². The van der Waals surface area contributed by atoms with Crippen molar-refractivity contribution in [3.05, 3.63) is 59.6 Å². The Morgan fingerprint density at radius 3 is 2.61 bits per heavy atom. The van der Waals surface area contributed by atoms with Crippen molar-refractivity contribution in [1.82, 2.24) is 15.2 Å². The first-order chi connectivity index (χ1) is 13.4. The van der Waals surface area contributed by atoms with Gasteiger partial charge in [-0.25, -0.2) is 13.4 Å². The number of hydrogen-bond acceptors (Lipinski definition) is 6. The van der Waals surface area contributed by atoms with Gasteiger partial charge in [-0.2, -0.15) is 5.10 Å². The second-order valence-electron chi connectivity index (χ2n) is 6.06. The van der Waals surface area contributed by atoms with Crippen molar-refractivity contribution in [2.75, 3.05) is 16.3 Å². The van der Waals surface area contributed by atoms with Crippen LogP contribution in [0.3, 0.4) is 0 Å². The van der Waals surface area contributed by atoms with Crippen LogP contribution in [0.2, 0.25) is 0 Å². The van der Waals surface area contributed by atoms with Crippen molar-refractivity contribution in [2.45, 2.75) is 0 Å². The molecule has 0 bridgehead atoms. The first-order valence-corrected chi connectivity index (χ1v) is 10.9. The van der Waals surface area contributed by atoms with Crippen molar-refractivity contribution >= 4 is 49.0 Å². The van der Waals surface area contributed by atoms with Gasteiger partial charge < -0.3 is 0 Å². The van der Waals surface area contributed by atoms with Crippen LogP contribution >= 0.6 is 11.3 Å². The monoisotopic (exact) mass is 413 g/mol. The van der Waals surface area contributed by atoms with Crippen LogP contribution < -0.4 is 10.0 Å². The summed E-state index contributed by atoms with van der Waals surface area (Å²) in [6.45, 7) is 0. The van der Waals surface area contributed by atoms with E-state index in [0.29, 0.717) is 22.2 Å². The number of amides is 1. The zero-order valence-electron chi connectivity index (χ0n) is 14.6. The number of carbonyl (C=O) groups is 1. The molecular weight excluding hydrogens is 398 g/mol. The van der Waals surface area contributed by atoms with Gasteiger partial charge in [-0.05, 0) is 18.2 Å². The number of H-pyrrole nitrogens is 1. The van der Waals surface area contributed by atoms with E-state index in [1.807, 2.05) is 29.6 Å². The number of carbonyl (C=O) groups excluding carboxylic acids is 1. The molecule has 0 radical (unpaired) electrons. The molecule has 3 N–H and O–H groups in total. The highest BCUT2D eigenvalue weighted by Gasteiger charge is 2.15. The topological polar surface area (TPSA) is 117 Å². The summed E-state index contributed by atoms with van der Waals surface area (Å²) in [4.78, 5) is 16.9. The van der Waals surface area contributed by atoms with E-state index in [2.05, 4.69) is 25.2 Å². The van der Waals surface area contributed by atoms with Crippen LogP contribution in [-0.4, -0.2) is 35.8 Å². The van der Waals surface area contributed by atoms with Crippen molar-refractivity contribution in [2.24, 2.45) is 0 Å². The van der Waals surface area contributed by atoms with Crippen molar-refractivity contribution in [1.29, 1.82) is 0 Å². The summed E-state index contributed by atoms with van der Waals surface area (Å²) in [5.41, 5.74) is 3.05. The summed E-state index contributed by atoms with van der Waals surface area (Å²) in [6, 6.07) is 14.2. The fourth-order valence-electron chi connectivity index (χ4n) is 2.68. The standard InChI is InChI=1S/C18H15N5O3S2/c1-28(25,26)23-12-8-6-11(7-9-12)15-10-27-18(19-15)20-17(24)16-13-4-2-3-5-14(13)21-22-16/h2-10,23H,1H3,(H,21,22)(H,19,20,24). The lowest BCUT2D eigenvalue weighted by atomic mass is 10.1. The zero-order chi connectivity index (χ0) is 19.7. The van der Waals surface area contributed by atoms with E-state index >= 15 is 0 Å². The molecule has 2 heterocycles. The van der Waals surface area contributed by atoms with Gasteiger partial charge in [-0.3, -0.25) is 19.9 Å². The van der Waals surface area contributed by atoms with Gasteiger partial charge in [0.2, 0.25) is 10.0 Å². The summed E-state index contributed by atoms with van der Waals surface area (Å²) < 4.78 is 25.0. The van der Waals surface area contributed by atoms with Crippen molar-refractivity contribution in [3.63, 3.8) is 0 Å². The van der Waals surface area contributed by atoms with Crippen LogP contribution in [0.1, 0.15) is 10.5 Å². The van der Waals surface area contributed by atoms with Crippen LogP contribution in [0, 0.1) is 0 Å². The van der Waals surface area contributed by atoms with Gasteiger partial charge in [0.25, 0.3) is 5.91 Å². The fraction of sp³-hybridized carbons (Fsp3) is 0.0556. The molecule has 10 heteroatoms. The fourth-order valence-corrected chi connectivity index (χ4v) is 3.96. The predicted octanol–water partition coefficient (Wildman–Crippen LogP) is 3.31. The van der Waals surface area contributed by atoms with Gasteiger partial charge in [0, 0.05) is 22.0 Å². The molecule has 0 saturated carbocycles. The quantitative estimate of drug-likeness (QED) is 0.464. The number of sulfonamides is 1. The second-order valence-corrected chi connectivity index (χ2v) is 8.67. The second kappa shape index (κ2) is 7.06. The van der Waals surface area contributed by atoms with E-state index < -0.39 is 10.0 Å². The normalized spacial score (nSPS) is 11.5. The lowest BCUT2D eigenvalue weighted by Crippen LogP contribution is -2.12. The summed E-state index contributed by atoms with van der Waals surface area (Å²) in [6.07, 6.45) is 1.10. The molecule has 4 rings (SSSR count). The van der Waals surface area contributed by atoms with Crippen LogP contribution in [0.4, 0.5) is 10.8 Å². The average molecular weight is 413 g/mol. The molecule has 8 nitrogen and oxygen atoms in total. The molecule has 2 aromatic carbocycles. The van der Waals surface area contributed by atoms with Gasteiger partial charge in [-0.15, -0.1) is 11.3 Å².